The molecule has 0 saturated carbocycles. The Bertz CT molecular complexity index is 1240. The topological polar surface area (TPSA) is 46.6 Å². The summed E-state index contributed by atoms with van der Waals surface area (Å²) in [5.74, 6) is -0.560. The summed E-state index contributed by atoms with van der Waals surface area (Å²) < 4.78 is 19.8. The van der Waals surface area contributed by atoms with Crippen molar-refractivity contribution in [1.82, 2.24) is 4.90 Å². The van der Waals surface area contributed by atoms with Crippen LogP contribution >= 0.6 is 0 Å². The number of Topliss-reactive ketones (excluding diaryl/α,β-unsaturated/α-hetero) is 1. The summed E-state index contributed by atoms with van der Waals surface area (Å²) in [6.45, 7) is 2.09. The van der Waals surface area contributed by atoms with E-state index in [4.69, 9.17) is 4.74 Å². The van der Waals surface area contributed by atoms with Gasteiger partial charge < -0.3 is 9.64 Å². The van der Waals surface area contributed by atoms with Gasteiger partial charge in [0.15, 0.2) is 5.78 Å². The van der Waals surface area contributed by atoms with Gasteiger partial charge in [0.1, 0.15) is 12.4 Å². The number of nitrogens with zero attached hydrogens (tertiary/aromatic N) is 1. The normalized spacial score (nSPS) is 22.6. The SMILES string of the molecule is Cc1cc(F)cc(C(=O)C2CC3CCC(C2)N3C(=O)OCC2c3ccccc3-c3ccccc32)c1. The van der Waals surface area contributed by atoms with Crippen LogP contribution in [0.4, 0.5) is 9.18 Å². The van der Waals surface area contributed by atoms with E-state index in [1.54, 1.807) is 13.0 Å². The molecule has 3 aromatic carbocycles. The van der Waals surface area contributed by atoms with Crippen molar-refractivity contribution in [3.63, 3.8) is 0 Å². The fourth-order valence-corrected chi connectivity index (χ4v) is 6.47. The molecule has 2 atom stereocenters. The standard InChI is InChI=1S/C30H28FNO3/c1-18-12-19(14-21(31)13-18)29(33)20-15-22-10-11-23(16-20)32(22)30(34)35-17-28-26-8-4-2-6-24(26)25-7-3-5-9-27(25)28/h2-9,12-14,20,22-23,28H,10-11,15-17H2,1H3. The maximum Gasteiger partial charge on any atom is 0.410 e. The number of amides is 1. The van der Waals surface area contributed by atoms with Gasteiger partial charge in [-0.05, 0) is 78.6 Å². The highest BCUT2D eigenvalue weighted by Gasteiger charge is 2.46. The van der Waals surface area contributed by atoms with Gasteiger partial charge in [-0.15, -0.1) is 0 Å². The fraction of sp³-hybridized carbons (Fsp3) is 0.333. The highest BCUT2D eigenvalue weighted by molar-refractivity contribution is 5.98. The lowest BCUT2D eigenvalue weighted by atomic mass is 9.84. The van der Waals surface area contributed by atoms with Crippen LogP contribution in [0.3, 0.4) is 0 Å². The second-order valence-corrected chi connectivity index (χ2v) is 10.1. The van der Waals surface area contributed by atoms with Gasteiger partial charge in [0.05, 0.1) is 0 Å². The van der Waals surface area contributed by atoms with Crippen molar-refractivity contribution in [2.24, 2.45) is 5.92 Å². The van der Waals surface area contributed by atoms with Gasteiger partial charge in [-0.25, -0.2) is 9.18 Å². The Morgan fingerprint density at radius 1 is 0.914 bits per heavy atom. The molecule has 3 aromatic rings. The zero-order chi connectivity index (χ0) is 24.1. The number of halogens is 1. The minimum Gasteiger partial charge on any atom is -0.448 e. The van der Waals surface area contributed by atoms with E-state index >= 15 is 0 Å². The second kappa shape index (κ2) is 8.63. The Morgan fingerprint density at radius 3 is 2.11 bits per heavy atom. The molecule has 1 amide bonds. The van der Waals surface area contributed by atoms with Crippen LogP contribution in [-0.4, -0.2) is 35.5 Å². The molecule has 0 aromatic heterocycles. The molecule has 4 nitrogen and oxygen atoms in total. The van der Waals surface area contributed by atoms with Crippen molar-refractivity contribution in [1.29, 1.82) is 0 Å². The van der Waals surface area contributed by atoms with Gasteiger partial charge in [-0.3, -0.25) is 4.79 Å². The molecule has 3 aliphatic rings. The molecule has 5 heteroatoms. The number of ether oxygens (including phenoxy) is 1. The molecular weight excluding hydrogens is 441 g/mol. The first-order valence-electron chi connectivity index (χ1n) is 12.4. The number of hydrogen-bond acceptors (Lipinski definition) is 3. The molecule has 2 aliphatic heterocycles. The first kappa shape index (κ1) is 22.0. The van der Waals surface area contributed by atoms with E-state index in [-0.39, 0.29) is 41.6 Å². The number of ketones is 1. The zero-order valence-electron chi connectivity index (χ0n) is 19.7. The van der Waals surface area contributed by atoms with E-state index in [1.165, 1.54) is 34.4 Å². The van der Waals surface area contributed by atoms with E-state index in [9.17, 15) is 14.0 Å². The van der Waals surface area contributed by atoms with Crippen LogP contribution in [0.25, 0.3) is 11.1 Å². The molecule has 0 N–H and O–H groups in total. The molecule has 0 radical (unpaired) electrons. The predicted molar refractivity (Wildman–Crippen MR) is 132 cm³/mol. The molecule has 2 fully saturated rings. The summed E-state index contributed by atoms with van der Waals surface area (Å²) in [4.78, 5) is 28.2. The maximum absolute atomic E-state index is 13.9. The summed E-state index contributed by atoms with van der Waals surface area (Å²) in [6.07, 6.45) is 2.68. The van der Waals surface area contributed by atoms with Gasteiger partial charge in [-0.2, -0.15) is 0 Å². The van der Waals surface area contributed by atoms with E-state index < -0.39 is 0 Å². The van der Waals surface area contributed by atoms with Crippen LogP contribution in [0.15, 0.2) is 66.7 Å². The van der Waals surface area contributed by atoms with Crippen molar-refractivity contribution in [3.05, 3.63) is 94.8 Å². The predicted octanol–water partition coefficient (Wildman–Crippen LogP) is 6.51. The number of hydrogen-bond donors (Lipinski definition) is 0. The van der Waals surface area contributed by atoms with E-state index in [2.05, 4.69) is 24.3 Å². The lowest BCUT2D eigenvalue weighted by molar-refractivity contribution is 0.0506. The average molecular weight is 470 g/mol. The second-order valence-electron chi connectivity index (χ2n) is 10.1. The van der Waals surface area contributed by atoms with Crippen LogP contribution < -0.4 is 0 Å². The number of carbonyl (C=O) groups excluding carboxylic acids is 2. The van der Waals surface area contributed by atoms with Gasteiger partial charge in [-0.1, -0.05) is 48.5 Å². The third kappa shape index (κ3) is 3.83. The first-order valence-corrected chi connectivity index (χ1v) is 12.4. The van der Waals surface area contributed by atoms with Gasteiger partial charge in [0.2, 0.25) is 0 Å². The molecule has 2 saturated heterocycles. The van der Waals surface area contributed by atoms with Crippen LogP contribution in [0.5, 0.6) is 0 Å². The first-order chi connectivity index (χ1) is 17.0. The third-order valence-corrected chi connectivity index (χ3v) is 7.98. The highest BCUT2D eigenvalue weighted by Crippen LogP contribution is 2.45. The largest absolute Gasteiger partial charge is 0.448 e. The van der Waals surface area contributed by atoms with Crippen molar-refractivity contribution in [2.75, 3.05) is 6.61 Å². The van der Waals surface area contributed by atoms with Crippen molar-refractivity contribution >= 4 is 11.9 Å². The monoisotopic (exact) mass is 469 g/mol. The lowest BCUT2D eigenvalue weighted by Crippen LogP contribution is -2.48. The fourth-order valence-electron chi connectivity index (χ4n) is 6.47. The molecule has 0 spiro atoms. The van der Waals surface area contributed by atoms with Crippen molar-refractivity contribution in [3.8, 4) is 11.1 Å². The van der Waals surface area contributed by atoms with Crippen LogP contribution in [0, 0.1) is 18.7 Å². The van der Waals surface area contributed by atoms with Crippen LogP contribution in [0.2, 0.25) is 0 Å². The average Bonchev–Trinajstić information content (AvgIpc) is 3.32. The molecule has 2 unspecified atom stereocenters. The Balaban J connectivity index is 1.15. The minimum atomic E-state index is -0.382. The van der Waals surface area contributed by atoms with Crippen LogP contribution in [-0.2, 0) is 4.74 Å². The Kier molecular flexibility index (Phi) is 5.43. The molecular formula is C30H28FNO3. The summed E-state index contributed by atoms with van der Waals surface area (Å²) in [7, 11) is 0. The summed E-state index contributed by atoms with van der Waals surface area (Å²) in [5.41, 5.74) is 5.97. The number of carbonyl (C=O) groups is 2. The van der Waals surface area contributed by atoms with Crippen molar-refractivity contribution < 1.29 is 18.7 Å². The summed E-state index contributed by atoms with van der Waals surface area (Å²) in [6, 6.07) is 21.1. The Morgan fingerprint density at radius 2 is 1.51 bits per heavy atom. The van der Waals surface area contributed by atoms with Gasteiger partial charge in [0, 0.05) is 29.5 Å². The maximum atomic E-state index is 13.9. The Hall–Kier alpha value is -3.47. The Labute approximate surface area is 204 Å². The molecule has 2 bridgehead atoms. The number of fused-ring (bicyclic) bond motifs is 5. The highest BCUT2D eigenvalue weighted by atomic mass is 19.1. The van der Waals surface area contributed by atoms with Crippen LogP contribution in [0.1, 0.15) is 58.6 Å². The molecule has 2 heterocycles. The minimum absolute atomic E-state index is 0.00648. The third-order valence-electron chi connectivity index (χ3n) is 7.98. The smallest absolute Gasteiger partial charge is 0.410 e. The summed E-state index contributed by atoms with van der Waals surface area (Å²) >= 11 is 0. The van der Waals surface area contributed by atoms with E-state index in [0.717, 1.165) is 18.4 Å². The van der Waals surface area contributed by atoms with Gasteiger partial charge in [0.25, 0.3) is 0 Å². The molecule has 35 heavy (non-hydrogen) atoms. The van der Waals surface area contributed by atoms with E-state index in [1.807, 2.05) is 29.2 Å². The van der Waals surface area contributed by atoms with E-state index in [0.29, 0.717) is 25.0 Å². The number of aryl methyl sites for hydroxylation is 1. The molecule has 178 valence electrons. The summed E-state index contributed by atoms with van der Waals surface area (Å²) in [5, 5.41) is 0. The number of piperidine rings is 1. The molecule has 1 aliphatic carbocycles. The molecule has 6 rings (SSSR count). The van der Waals surface area contributed by atoms with Gasteiger partial charge >= 0.3 is 6.09 Å². The number of benzene rings is 3. The number of rotatable bonds is 4. The quantitative estimate of drug-likeness (QED) is 0.409. The lowest BCUT2D eigenvalue weighted by Gasteiger charge is -2.37. The van der Waals surface area contributed by atoms with Crippen molar-refractivity contribution in [2.45, 2.75) is 50.6 Å². The zero-order valence-corrected chi connectivity index (χ0v) is 19.7.